The first-order valence-corrected chi connectivity index (χ1v) is 9.27. The number of hydrogen-bond donors (Lipinski definition) is 3. The van der Waals surface area contributed by atoms with Crippen LogP contribution in [0, 0.1) is 11.8 Å². The quantitative estimate of drug-likeness (QED) is 0.196. The first-order chi connectivity index (χ1) is 11.6. The summed E-state index contributed by atoms with van der Waals surface area (Å²) in [5.41, 5.74) is 0. The molecule has 3 N–H and O–H groups in total. The highest BCUT2D eigenvalue weighted by Crippen LogP contribution is 2.11. The van der Waals surface area contributed by atoms with E-state index >= 15 is 0 Å². The Kier molecular flexibility index (Phi) is 16.0. The first-order valence-electron chi connectivity index (χ1n) is 9.27. The van der Waals surface area contributed by atoms with Crippen LogP contribution in [0.2, 0.25) is 0 Å². The maximum absolute atomic E-state index is 11.1. The zero-order chi connectivity index (χ0) is 18.0. The van der Waals surface area contributed by atoms with Crippen molar-refractivity contribution in [3.05, 3.63) is 0 Å². The second-order valence-corrected chi connectivity index (χ2v) is 6.09. The van der Waals surface area contributed by atoms with Crippen molar-refractivity contribution in [1.29, 1.82) is 0 Å². The normalized spacial score (nSPS) is 13.0. The third-order valence-electron chi connectivity index (χ3n) is 3.80. The molecule has 0 amide bonds. The monoisotopic (exact) mass is 342 g/mol. The molecule has 0 heterocycles. The number of carbonyl (C=O) groups is 1. The van der Waals surface area contributed by atoms with Crippen LogP contribution in [0.3, 0.4) is 0 Å². The number of unbranched alkanes of at least 4 members (excludes halogenated alkanes) is 11. The van der Waals surface area contributed by atoms with Gasteiger partial charge in [-0.2, -0.15) is 0 Å². The van der Waals surface area contributed by atoms with Crippen LogP contribution in [0.4, 0.5) is 0 Å². The summed E-state index contributed by atoms with van der Waals surface area (Å²) in [5.74, 6) is 4.08. The van der Waals surface area contributed by atoms with Crippen molar-refractivity contribution in [2.45, 2.75) is 96.4 Å². The standard InChI is InChI=1S/C19H34O5/c1-2-3-4-5-6-7-8-9-10-11-12-13-14-15-18(22)24-19(23)17(21)16-20/h17-18,20-22H,2-13,16H2,1H3. The van der Waals surface area contributed by atoms with E-state index in [4.69, 9.17) is 10.2 Å². The number of esters is 1. The third-order valence-corrected chi connectivity index (χ3v) is 3.80. The van der Waals surface area contributed by atoms with E-state index in [0.29, 0.717) is 6.42 Å². The highest BCUT2D eigenvalue weighted by molar-refractivity contribution is 5.74. The minimum Gasteiger partial charge on any atom is -0.422 e. The molecule has 0 aliphatic heterocycles. The fraction of sp³-hybridized carbons (Fsp3) is 0.842. The Bertz CT molecular complexity index is 359. The molecule has 0 saturated carbocycles. The first kappa shape index (κ1) is 22.9. The van der Waals surface area contributed by atoms with E-state index in [2.05, 4.69) is 23.5 Å². The second-order valence-electron chi connectivity index (χ2n) is 6.09. The van der Waals surface area contributed by atoms with Gasteiger partial charge in [0.2, 0.25) is 0 Å². The molecule has 24 heavy (non-hydrogen) atoms. The molecule has 0 aromatic carbocycles. The molecule has 5 nitrogen and oxygen atoms in total. The highest BCUT2D eigenvalue weighted by atomic mass is 16.6. The Morgan fingerprint density at radius 3 is 1.92 bits per heavy atom. The molecule has 0 radical (unpaired) electrons. The molecule has 0 aromatic heterocycles. The summed E-state index contributed by atoms with van der Waals surface area (Å²) in [6.45, 7) is 1.50. The molecule has 0 aromatic rings. The molecular formula is C19H34O5. The van der Waals surface area contributed by atoms with Crippen LogP contribution in [0.5, 0.6) is 0 Å². The van der Waals surface area contributed by atoms with Gasteiger partial charge in [0.05, 0.1) is 6.61 Å². The van der Waals surface area contributed by atoms with E-state index in [1.165, 1.54) is 57.8 Å². The molecule has 2 atom stereocenters. The Hall–Kier alpha value is -1.09. The van der Waals surface area contributed by atoms with Gasteiger partial charge in [0.15, 0.2) is 6.10 Å². The molecule has 0 spiro atoms. The van der Waals surface area contributed by atoms with Crippen molar-refractivity contribution in [2.24, 2.45) is 0 Å². The summed E-state index contributed by atoms with van der Waals surface area (Å²) in [6, 6.07) is 0. The van der Waals surface area contributed by atoms with Crippen LogP contribution in [-0.4, -0.2) is 40.3 Å². The average Bonchev–Trinajstić information content (AvgIpc) is 2.58. The van der Waals surface area contributed by atoms with E-state index in [1.807, 2.05) is 0 Å². The zero-order valence-electron chi connectivity index (χ0n) is 15.0. The molecule has 5 heteroatoms. The maximum Gasteiger partial charge on any atom is 0.340 e. The van der Waals surface area contributed by atoms with Crippen LogP contribution in [0.15, 0.2) is 0 Å². The molecule has 0 fully saturated rings. The minimum atomic E-state index is -1.63. The van der Waals surface area contributed by atoms with Crippen molar-refractivity contribution in [1.82, 2.24) is 0 Å². The predicted molar refractivity (Wildman–Crippen MR) is 94.0 cm³/mol. The predicted octanol–water partition coefficient (Wildman–Crippen LogP) is 2.91. The van der Waals surface area contributed by atoms with Gasteiger partial charge in [-0.3, -0.25) is 0 Å². The number of aliphatic hydroxyl groups is 3. The summed E-state index contributed by atoms with van der Waals surface area (Å²) in [5, 5.41) is 26.9. The van der Waals surface area contributed by atoms with Crippen LogP contribution in [-0.2, 0) is 9.53 Å². The van der Waals surface area contributed by atoms with Gasteiger partial charge >= 0.3 is 5.97 Å². The van der Waals surface area contributed by atoms with Gasteiger partial charge in [-0.1, -0.05) is 77.1 Å². The van der Waals surface area contributed by atoms with E-state index in [-0.39, 0.29) is 0 Å². The lowest BCUT2D eigenvalue weighted by Gasteiger charge is -2.08. The van der Waals surface area contributed by atoms with E-state index in [9.17, 15) is 9.90 Å². The zero-order valence-corrected chi connectivity index (χ0v) is 15.0. The topological polar surface area (TPSA) is 87.0 Å². The van der Waals surface area contributed by atoms with Crippen LogP contribution < -0.4 is 0 Å². The van der Waals surface area contributed by atoms with Crippen molar-refractivity contribution < 1.29 is 24.9 Å². The molecule has 2 unspecified atom stereocenters. The Morgan fingerprint density at radius 1 is 0.917 bits per heavy atom. The van der Waals surface area contributed by atoms with Gasteiger partial charge < -0.3 is 20.1 Å². The van der Waals surface area contributed by atoms with Crippen molar-refractivity contribution in [2.75, 3.05) is 6.61 Å². The summed E-state index contributed by atoms with van der Waals surface area (Å²) in [7, 11) is 0. The van der Waals surface area contributed by atoms with Crippen LogP contribution >= 0.6 is 0 Å². The summed E-state index contributed by atoms with van der Waals surface area (Å²) in [4.78, 5) is 11.1. The molecule has 0 aliphatic rings. The van der Waals surface area contributed by atoms with Gasteiger partial charge in [-0.05, 0) is 12.3 Å². The molecule has 0 saturated heterocycles. The third kappa shape index (κ3) is 14.5. The number of aliphatic hydroxyl groups excluding tert-OH is 3. The van der Waals surface area contributed by atoms with Crippen molar-refractivity contribution in [3.8, 4) is 11.8 Å². The summed E-state index contributed by atoms with van der Waals surface area (Å²) in [6.07, 6.45) is 11.4. The summed E-state index contributed by atoms with van der Waals surface area (Å²) >= 11 is 0. The average molecular weight is 342 g/mol. The van der Waals surface area contributed by atoms with Crippen molar-refractivity contribution >= 4 is 5.97 Å². The lowest BCUT2D eigenvalue weighted by atomic mass is 10.1. The number of hydrogen-bond acceptors (Lipinski definition) is 5. The van der Waals surface area contributed by atoms with Crippen LogP contribution in [0.25, 0.3) is 0 Å². The largest absolute Gasteiger partial charge is 0.422 e. The van der Waals surface area contributed by atoms with Gasteiger partial charge in [-0.25, -0.2) is 4.79 Å². The fourth-order valence-corrected chi connectivity index (χ4v) is 2.33. The van der Waals surface area contributed by atoms with Crippen LogP contribution in [0.1, 0.15) is 84.0 Å². The van der Waals surface area contributed by atoms with Gasteiger partial charge in [0, 0.05) is 6.42 Å². The lowest BCUT2D eigenvalue weighted by molar-refractivity contribution is -0.171. The second kappa shape index (κ2) is 16.8. The van der Waals surface area contributed by atoms with Gasteiger partial charge in [0.1, 0.15) is 0 Å². The number of ether oxygens (including phenoxy) is 1. The van der Waals surface area contributed by atoms with E-state index < -0.39 is 25.0 Å². The number of rotatable bonds is 14. The van der Waals surface area contributed by atoms with Crippen molar-refractivity contribution in [3.63, 3.8) is 0 Å². The molecule has 140 valence electrons. The molecule has 0 rings (SSSR count). The Morgan fingerprint density at radius 2 is 1.42 bits per heavy atom. The van der Waals surface area contributed by atoms with E-state index in [0.717, 1.165) is 12.8 Å². The molecular weight excluding hydrogens is 308 g/mol. The smallest absolute Gasteiger partial charge is 0.340 e. The molecule has 0 bridgehead atoms. The van der Waals surface area contributed by atoms with E-state index in [1.54, 1.807) is 0 Å². The number of carbonyl (C=O) groups excluding carboxylic acids is 1. The SMILES string of the molecule is CCCCCCCCCCCCCC#CC(O)OC(=O)C(O)CO. The highest BCUT2D eigenvalue weighted by Gasteiger charge is 2.17. The lowest BCUT2D eigenvalue weighted by Crippen LogP contribution is -2.30. The minimum absolute atomic E-state index is 0.647. The summed E-state index contributed by atoms with van der Waals surface area (Å²) < 4.78 is 4.44. The van der Waals surface area contributed by atoms with Gasteiger partial charge in [-0.15, -0.1) is 0 Å². The molecule has 0 aliphatic carbocycles. The Labute approximate surface area is 146 Å². The maximum atomic E-state index is 11.1. The fourth-order valence-electron chi connectivity index (χ4n) is 2.33. The van der Waals surface area contributed by atoms with Gasteiger partial charge in [0.25, 0.3) is 6.29 Å². The Balaban J connectivity index is 3.43.